The highest BCUT2D eigenvalue weighted by Gasteiger charge is 2.45. The number of guanidine groups is 1. The first kappa shape index (κ1) is 17.2. The topological polar surface area (TPSA) is 59.6 Å². The minimum absolute atomic E-state index is 0. The van der Waals surface area contributed by atoms with Crippen LogP contribution in [0, 0.1) is 0 Å². The average molecular weight is 418 g/mol. The van der Waals surface area contributed by atoms with E-state index in [0.717, 1.165) is 0 Å². The van der Waals surface area contributed by atoms with Gasteiger partial charge in [0.05, 0.1) is 18.2 Å². The van der Waals surface area contributed by atoms with Crippen molar-refractivity contribution in [1.29, 1.82) is 0 Å². The molecule has 20 heavy (non-hydrogen) atoms. The van der Waals surface area contributed by atoms with Gasteiger partial charge in [-0.1, -0.05) is 11.6 Å². The standard InChI is InChI=1S/C12H14ClF2N3O.HI/c1-19-10-3-2-7(4-9(10)13)17-11(16)18-8-5-12(14,15)6-8;/h2-4,8H,5-6H2,1H3,(H3,16,17,18);1H. The van der Waals surface area contributed by atoms with Crippen molar-refractivity contribution >= 4 is 47.2 Å². The number of ether oxygens (including phenoxy) is 1. The lowest BCUT2D eigenvalue weighted by molar-refractivity contribution is -0.0834. The molecule has 0 spiro atoms. The van der Waals surface area contributed by atoms with Gasteiger partial charge >= 0.3 is 0 Å². The molecule has 3 N–H and O–H groups in total. The molecule has 1 aliphatic carbocycles. The van der Waals surface area contributed by atoms with E-state index in [0.29, 0.717) is 16.5 Å². The maximum atomic E-state index is 12.6. The summed E-state index contributed by atoms with van der Waals surface area (Å²) >= 11 is 5.95. The Hall–Kier alpha value is -0.830. The number of hydrogen-bond donors (Lipinski definition) is 2. The van der Waals surface area contributed by atoms with Gasteiger partial charge in [0.1, 0.15) is 5.75 Å². The Balaban J connectivity index is 0.00000200. The Morgan fingerprint density at radius 3 is 2.65 bits per heavy atom. The third kappa shape index (κ3) is 4.34. The molecule has 0 radical (unpaired) electrons. The summed E-state index contributed by atoms with van der Waals surface area (Å²) in [6.07, 6.45) is -0.502. The summed E-state index contributed by atoms with van der Waals surface area (Å²) in [5.41, 5.74) is 6.27. The average Bonchev–Trinajstić information content (AvgIpc) is 2.26. The van der Waals surface area contributed by atoms with E-state index in [1.807, 2.05) is 0 Å². The zero-order chi connectivity index (χ0) is 14.0. The quantitative estimate of drug-likeness (QED) is 0.450. The molecule has 0 saturated heterocycles. The second kappa shape index (κ2) is 6.75. The number of anilines is 1. The third-order valence-corrected chi connectivity index (χ3v) is 3.11. The van der Waals surface area contributed by atoms with Crippen molar-refractivity contribution < 1.29 is 13.5 Å². The first-order valence-electron chi connectivity index (χ1n) is 5.71. The number of nitrogens with one attached hydrogen (secondary N) is 1. The second-order valence-corrected chi connectivity index (χ2v) is 4.81. The van der Waals surface area contributed by atoms with E-state index < -0.39 is 12.0 Å². The Kier molecular flexibility index (Phi) is 5.81. The monoisotopic (exact) mass is 417 g/mol. The molecule has 0 aromatic heterocycles. The summed E-state index contributed by atoms with van der Waals surface area (Å²) in [4.78, 5) is 3.97. The van der Waals surface area contributed by atoms with Crippen LogP contribution in [0.5, 0.6) is 5.75 Å². The lowest BCUT2D eigenvalue weighted by Crippen LogP contribution is -2.40. The zero-order valence-electron chi connectivity index (χ0n) is 10.7. The van der Waals surface area contributed by atoms with Crippen LogP contribution in [-0.2, 0) is 0 Å². The number of halogens is 4. The third-order valence-electron chi connectivity index (χ3n) is 2.81. The molecule has 0 aliphatic heterocycles. The number of rotatable bonds is 3. The normalized spacial score (nSPS) is 17.9. The highest BCUT2D eigenvalue weighted by molar-refractivity contribution is 14.0. The van der Waals surface area contributed by atoms with Crippen LogP contribution in [0.4, 0.5) is 14.5 Å². The maximum absolute atomic E-state index is 12.6. The van der Waals surface area contributed by atoms with E-state index in [9.17, 15) is 8.78 Å². The van der Waals surface area contributed by atoms with Gasteiger partial charge in [0.25, 0.3) is 5.92 Å². The van der Waals surface area contributed by atoms with Crippen molar-refractivity contribution in [1.82, 2.24) is 0 Å². The Labute approximate surface area is 137 Å². The Bertz CT molecular complexity index is 505. The van der Waals surface area contributed by atoms with Gasteiger partial charge in [-0.05, 0) is 18.2 Å². The van der Waals surface area contributed by atoms with E-state index in [1.54, 1.807) is 18.2 Å². The van der Waals surface area contributed by atoms with Crippen LogP contribution >= 0.6 is 35.6 Å². The molecule has 0 atom stereocenters. The van der Waals surface area contributed by atoms with Gasteiger partial charge in [-0.15, -0.1) is 24.0 Å². The summed E-state index contributed by atoms with van der Waals surface area (Å²) in [6, 6.07) is 4.59. The van der Waals surface area contributed by atoms with Crippen LogP contribution in [0.1, 0.15) is 12.8 Å². The molecule has 1 aliphatic rings. The zero-order valence-corrected chi connectivity index (χ0v) is 13.8. The van der Waals surface area contributed by atoms with Crippen LogP contribution < -0.4 is 15.8 Å². The van der Waals surface area contributed by atoms with Crippen LogP contribution in [0.25, 0.3) is 0 Å². The highest BCUT2D eigenvalue weighted by Crippen LogP contribution is 2.39. The fourth-order valence-electron chi connectivity index (χ4n) is 1.84. The molecule has 2 rings (SSSR count). The van der Waals surface area contributed by atoms with Gasteiger partial charge in [0.2, 0.25) is 0 Å². The van der Waals surface area contributed by atoms with Gasteiger partial charge in [0.15, 0.2) is 5.96 Å². The summed E-state index contributed by atoms with van der Waals surface area (Å²) in [7, 11) is 1.51. The van der Waals surface area contributed by atoms with Crippen molar-refractivity contribution in [3.8, 4) is 5.75 Å². The maximum Gasteiger partial charge on any atom is 0.252 e. The van der Waals surface area contributed by atoms with E-state index in [2.05, 4.69) is 10.3 Å². The van der Waals surface area contributed by atoms with Gasteiger partial charge in [-0.3, -0.25) is 0 Å². The number of benzene rings is 1. The van der Waals surface area contributed by atoms with Gasteiger partial charge in [-0.25, -0.2) is 13.8 Å². The lowest BCUT2D eigenvalue weighted by atomic mass is 9.89. The predicted octanol–water partition coefficient (Wildman–Crippen LogP) is 3.49. The first-order chi connectivity index (χ1) is 8.89. The number of alkyl halides is 2. The summed E-state index contributed by atoms with van der Waals surface area (Å²) in [6.45, 7) is 0. The molecule has 1 saturated carbocycles. The molecule has 1 aromatic carbocycles. The van der Waals surface area contributed by atoms with Crippen LogP contribution in [0.15, 0.2) is 23.2 Å². The largest absolute Gasteiger partial charge is 0.495 e. The van der Waals surface area contributed by atoms with Crippen LogP contribution in [0.3, 0.4) is 0 Å². The van der Waals surface area contributed by atoms with Crippen molar-refractivity contribution in [2.24, 2.45) is 10.7 Å². The molecular formula is C12H15ClF2IN3O. The van der Waals surface area contributed by atoms with Gasteiger partial charge in [-0.2, -0.15) is 0 Å². The van der Waals surface area contributed by atoms with E-state index >= 15 is 0 Å². The number of methoxy groups -OCH3 is 1. The molecule has 1 fully saturated rings. The number of hydrogen-bond acceptors (Lipinski definition) is 2. The number of nitrogens with two attached hydrogens (primary N) is 1. The number of nitrogens with zero attached hydrogens (tertiary/aromatic N) is 1. The summed E-state index contributed by atoms with van der Waals surface area (Å²) in [5.74, 6) is -1.96. The fourth-order valence-corrected chi connectivity index (χ4v) is 2.10. The molecule has 0 bridgehead atoms. The molecule has 1 aromatic rings. The molecule has 0 amide bonds. The summed E-state index contributed by atoms with van der Waals surface area (Å²) in [5, 5.41) is 3.23. The Morgan fingerprint density at radius 2 is 2.15 bits per heavy atom. The number of aliphatic imine (C=N–C) groups is 1. The molecule has 0 heterocycles. The Morgan fingerprint density at radius 1 is 1.50 bits per heavy atom. The minimum atomic E-state index is -2.60. The molecule has 4 nitrogen and oxygen atoms in total. The molecule has 0 unspecified atom stereocenters. The predicted molar refractivity (Wildman–Crippen MR) is 86.6 cm³/mol. The smallest absolute Gasteiger partial charge is 0.252 e. The highest BCUT2D eigenvalue weighted by atomic mass is 127. The van der Waals surface area contributed by atoms with Crippen LogP contribution in [-0.4, -0.2) is 25.0 Å². The minimum Gasteiger partial charge on any atom is -0.495 e. The summed E-state index contributed by atoms with van der Waals surface area (Å²) < 4.78 is 30.3. The molecular weight excluding hydrogens is 403 g/mol. The molecule has 8 heteroatoms. The van der Waals surface area contributed by atoms with Crippen molar-refractivity contribution in [2.75, 3.05) is 12.4 Å². The SMILES string of the molecule is COc1ccc(NC(N)=NC2CC(F)(F)C2)cc1Cl.I. The van der Waals surface area contributed by atoms with Crippen LogP contribution in [0.2, 0.25) is 5.02 Å². The second-order valence-electron chi connectivity index (χ2n) is 4.41. The lowest BCUT2D eigenvalue weighted by Gasteiger charge is -2.32. The van der Waals surface area contributed by atoms with E-state index in [1.165, 1.54) is 7.11 Å². The first-order valence-corrected chi connectivity index (χ1v) is 6.09. The molecule has 112 valence electrons. The van der Waals surface area contributed by atoms with Gasteiger partial charge in [0, 0.05) is 18.5 Å². The van der Waals surface area contributed by atoms with Gasteiger partial charge < -0.3 is 15.8 Å². The van der Waals surface area contributed by atoms with E-state index in [4.69, 9.17) is 22.1 Å². The van der Waals surface area contributed by atoms with E-state index in [-0.39, 0.29) is 42.8 Å². The fraction of sp³-hybridized carbons (Fsp3) is 0.417. The van der Waals surface area contributed by atoms with Crippen molar-refractivity contribution in [2.45, 2.75) is 24.8 Å². The van der Waals surface area contributed by atoms with Crippen molar-refractivity contribution in [3.05, 3.63) is 23.2 Å². The van der Waals surface area contributed by atoms with Crippen molar-refractivity contribution in [3.63, 3.8) is 0 Å².